The molecular weight excluding hydrogens is 200 g/mol. The highest BCUT2D eigenvalue weighted by Crippen LogP contribution is 2.06. The molecule has 1 aromatic carbocycles. The molecule has 0 atom stereocenters. The molecule has 3 nitrogen and oxygen atoms in total. The number of aryl methyl sites for hydroxylation is 1. The molecule has 0 aromatic heterocycles. The molecule has 0 spiro atoms. The van der Waals surface area contributed by atoms with E-state index in [0.29, 0.717) is 12.0 Å². The van der Waals surface area contributed by atoms with Crippen molar-refractivity contribution in [3.8, 4) is 6.07 Å². The smallest absolute Gasteiger partial charge is 0.222 e. The monoisotopic (exact) mass is 216 g/mol. The molecule has 16 heavy (non-hydrogen) atoms. The van der Waals surface area contributed by atoms with Crippen LogP contribution in [0.25, 0.3) is 0 Å². The van der Waals surface area contributed by atoms with Crippen LogP contribution in [0.5, 0.6) is 0 Å². The number of hydrogen-bond donors (Lipinski definition) is 0. The molecule has 0 unspecified atom stereocenters. The number of benzene rings is 1. The van der Waals surface area contributed by atoms with Crippen molar-refractivity contribution in [1.82, 2.24) is 4.90 Å². The lowest BCUT2D eigenvalue weighted by atomic mass is 10.1. The highest BCUT2D eigenvalue weighted by atomic mass is 16.2. The fraction of sp³-hybridized carbons (Fsp3) is 0.385. The fourth-order valence-corrected chi connectivity index (χ4v) is 1.36. The zero-order chi connectivity index (χ0) is 12.0. The first-order valence-electron chi connectivity index (χ1n) is 5.40. The average Bonchev–Trinajstić information content (AvgIpc) is 2.35. The van der Waals surface area contributed by atoms with Gasteiger partial charge in [-0.25, -0.2) is 0 Å². The SMILES string of the molecule is CCN(C)C(=O)CCc1ccc(C#N)cc1. The maximum Gasteiger partial charge on any atom is 0.222 e. The van der Waals surface area contributed by atoms with Gasteiger partial charge in [-0.2, -0.15) is 5.26 Å². The second-order valence-electron chi connectivity index (χ2n) is 3.72. The maximum atomic E-state index is 11.5. The second kappa shape index (κ2) is 5.92. The van der Waals surface area contributed by atoms with Gasteiger partial charge in [0, 0.05) is 20.0 Å². The standard InChI is InChI=1S/C13H16N2O/c1-3-15(2)13(16)9-8-11-4-6-12(10-14)7-5-11/h4-7H,3,8-9H2,1-2H3. The van der Waals surface area contributed by atoms with Gasteiger partial charge >= 0.3 is 0 Å². The Labute approximate surface area is 96.3 Å². The first-order valence-corrected chi connectivity index (χ1v) is 5.40. The van der Waals surface area contributed by atoms with Crippen LogP contribution in [0.4, 0.5) is 0 Å². The first-order chi connectivity index (χ1) is 7.67. The molecule has 0 saturated carbocycles. The quantitative estimate of drug-likeness (QED) is 0.772. The minimum Gasteiger partial charge on any atom is -0.346 e. The third kappa shape index (κ3) is 3.39. The maximum absolute atomic E-state index is 11.5. The summed E-state index contributed by atoms with van der Waals surface area (Å²) in [5.74, 6) is 0.159. The second-order valence-corrected chi connectivity index (χ2v) is 3.72. The van der Waals surface area contributed by atoms with Crippen molar-refractivity contribution in [2.75, 3.05) is 13.6 Å². The van der Waals surface area contributed by atoms with E-state index in [2.05, 4.69) is 6.07 Å². The molecule has 0 radical (unpaired) electrons. The molecule has 1 aromatic rings. The van der Waals surface area contributed by atoms with E-state index in [1.165, 1.54) is 0 Å². The van der Waals surface area contributed by atoms with E-state index < -0.39 is 0 Å². The van der Waals surface area contributed by atoms with Crippen LogP contribution in [0.15, 0.2) is 24.3 Å². The zero-order valence-corrected chi connectivity index (χ0v) is 9.73. The Morgan fingerprint density at radius 3 is 2.50 bits per heavy atom. The number of hydrogen-bond acceptors (Lipinski definition) is 2. The van der Waals surface area contributed by atoms with Crippen LogP contribution >= 0.6 is 0 Å². The summed E-state index contributed by atoms with van der Waals surface area (Å²) in [6.07, 6.45) is 1.26. The molecule has 0 aliphatic rings. The van der Waals surface area contributed by atoms with Gasteiger partial charge in [0.2, 0.25) is 5.91 Å². The molecule has 0 aliphatic carbocycles. The van der Waals surface area contributed by atoms with E-state index in [4.69, 9.17) is 5.26 Å². The third-order valence-corrected chi connectivity index (χ3v) is 2.61. The van der Waals surface area contributed by atoms with Crippen LogP contribution in [0.2, 0.25) is 0 Å². The zero-order valence-electron chi connectivity index (χ0n) is 9.73. The van der Waals surface area contributed by atoms with E-state index in [9.17, 15) is 4.79 Å². The largest absolute Gasteiger partial charge is 0.346 e. The van der Waals surface area contributed by atoms with Crippen LogP contribution in [0, 0.1) is 11.3 Å². The van der Waals surface area contributed by atoms with Crippen molar-refractivity contribution in [2.24, 2.45) is 0 Å². The summed E-state index contributed by atoms with van der Waals surface area (Å²) in [4.78, 5) is 13.3. The summed E-state index contributed by atoms with van der Waals surface area (Å²) in [6.45, 7) is 2.70. The molecule has 84 valence electrons. The lowest BCUT2D eigenvalue weighted by Gasteiger charge is -2.13. The van der Waals surface area contributed by atoms with Gasteiger partial charge in [-0.15, -0.1) is 0 Å². The number of rotatable bonds is 4. The summed E-state index contributed by atoms with van der Waals surface area (Å²) in [5.41, 5.74) is 1.75. The van der Waals surface area contributed by atoms with Crippen LogP contribution in [0.3, 0.4) is 0 Å². The Morgan fingerprint density at radius 2 is 2.00 bits per heavy atom. The van der Waals surface area contributed by atoms with Crippen molar-refractivity contribution in [3.63, 3.8) is 0 Å². The van der Waals surface area contributed by atoms with E-state index in [1.54, 1.807) is 24.1 Å². The molecule has 0 N–H and O–H groups in total. The fourth-order valence-electron chi connectivity index (χ4n) is 1.36. The summed E-state index contributed by atoms with van der Waals surface area (Å²) in [6, 6.07) is 9.43. The predicted molar refractivity (Wildman–Crippen MR) is 62.8 cm³/mol. The van der Waals surface area contributed by atoms with Gasteiger partial charge in [-0.1, -0.05) is 12.1 Å². The van der Waals surface area contributed by atoms with Crippen molar-refractivity contribution in [2.45, 2.75) is 19.8 Å². The van der Waals surface area contributed by atoms with Crippen molar-refractivity contribution in [3.05, 3.63) is 35.4 Å². The number of nitriles is 1. The molecular formula is C13H16N2O. The summed E-state index contributed by atoms with van der Waals surface area (Å²) >= 11 is 0. The van der Waals surface area contributed by atoms with Gasteiger partial charge in [0.1, 0.15) is 0 Å². The predicted octanol–water partition coefficient (Wildman–Crippen LogP) is 1.97. The number of amides is 1. The van der Waals surface area contributed by atoms with E-state index in [-0.39, 0.29) is 5.91 Å². The average molecular weight is 216 g/mol. The molecule has 0 fully saturated rings. The highest BCUT2D eigenvalue weighted by molar-refractivity contribution is 5.76. The lowest BCUT2D eigenvalue weighted by molar-refractivity contribution is -0.129. The number of nitrogens with zero attached hydrogens (tertiary/aromatic N) is 2. The van der Waals surface area contributed by atoms with E-state index in [1.807, 2.05) is 19.1 Å². The number of carbonyl (C=O) groups is 1. The van der Waals surface area contributed by atoms with Crippen molar-refractivity contribution < 1.29 is 4.79 Å². The molecule has 1 rings (SSSR count). The Bertz CT molecular complexity index is 389. The lowest BCUT2D eigenvalue weighted by Crippen LogP contribution is -2.26. The Hall–Kier alpha value is -1.82. The van der Waals surface area contributed by atoms with Crippen LogP contribution in [-0.2, 0) is 11.2 Å². The number of carbonyl (C=O) groups excluding carboxylic acids is 1. The van der Waals surface area contributed by atoms with E-state index >= 15 is 0 Å². The third-order valence-electron chi connectivity index (χ3n) is 2.61. The molecule has 0 saturated heterocycles. The minimum absolute atomic E-state index is 0.159. The minimum atomic E-state index is 0.159. The highest BCUT2D eigenvalue weighted by Gasteiger charge is 2.06. The molecule has 0 heterocycles. The van der Waals surface area contributed by atoms with E-state index in [0.717, 1.165) is 18.5 Å². The summed E-state index contributed by atoms with van der Waals surface area (Å²) in [5, 5.41) is 8.64. The normalized spacial score (nSPS) is 9.56. The molecule has 0 aliphatic heterocycles. The van der Waals surface area contributed by atoms with Crippen molar-refractivity contribution >= 4 is 5.91 Å². The Morgan fingerprint density at radius 1 is 1.38 bits per heavy atom. The van der Waals surface area contributed by atoms with Gasteiger partial charge in [0.25, 0.3) is 0 Å². The topological polar surface area (TPSA) is 44.1 Å². The van der Waals surface area contributed by atoms with Gasteiger partial charge in [0.05, 0.1) is 11.6 Å². The van der Waals surface area contributed by atoms with Gasteiger partial charge in [0.15, 0.2) is 0 Å². The van der Waals surface area contributed by atoms with Crippen LogP contribution in [-0.4, -0.2) is 24.4 Å². The first kappa shape index (κ1) is 12.3. The van der Waals surface area contributed by atoms with Crippen molar-refractivity contribution in [1.29, 1.82) is 5.26 Å². The molecule has 1 amide bonds. The summed E-state index contributed by atoms with van der Waals surface area (Å²) < 4.78 is 0. The molecule has 3 heteroatoms. The Balaban J connectivity index is 2.49. The van der Waals surface area contributed by atoms with Gasteiger partial charge < -0.3 is 4.90 Å². The van der Waals surface area contributed by atoms with Gasteiger partial charge in [-0.3, -0.25) is 4.79 Å². The van der Waals surface area contributed by atoms with Crippen LogP contribution in [0.1, 0.15) is 24.5 Å². The summed E-state index contributed by atoms with van der Waals surface area (Å²) in [7, 11) is 1.81. The van der Waals surface area contributed by atoms with Crippen LogP contribution < -0.4 is 0 Å². The molecule has 0 bridgehead atoms. The Kier molecular flexibility index (Phi) is 4.53. The van der Waals surface area contributed by atoms with Gasteiger partial charge in [-0.05, 0) is 31.0 Å².